The van der Waals surface area contributed by atoms with Gasteiger partial charge in [0.25, 0.3) is 0 Å². The number of nitrogen functional groups attached to an aromatic ring is 1. The molecule has 1 aromatic heterocycles. The van der Waals surface area contributed by atoms with Crippen LogP contribution in [0.5, 0.6) is 0 Å². The molecule has 1 aliphatic carbocycles. The molecule has 0 saturated heterocycles. The van der Waals surface area contributed by atoms with Crippen LogP contribution < -0.4 is 11.1 Å². The molecule has 0 saturated carbocycles. The van der Waals surface area contributed by atoms with E-state index in [1.807, 2.05) is 0 Å². The lowest BCUT2D eigenvalue weighted by atomic mass is 9.88. The number of hydrogen-bond donors (Lipinski definition) is 3. The molecule has 17 heavy (non-hydrogen) atoms. The third-order valence-electron chi connectivity index (χ3n) is 3.18. The van der Waals surface area contributed by atoms with Gasteiger partial charge >= 0.3 is 0 Å². The number of anilines is 2. The van der Waals surface area contributed by atoms with Gasteiger partial charge in [0.1, 0.15) is 0 Å². The third-order valence-corrected chi connectivity index (χ3v) is 3.18. The number of hydrogen-bond acceptors (Lipinski definition) is 4. The maximum Gasteiger partial charge on any atom is 0.244 e. The molecule has 5 heteroatoms. The fraction of sp³-hybridized carbons (Fsp3) is 0.333. The second-order valence-electron chi connectivity index (χ2n) is 4.33. The largest absolute Gasteiger partial charge is 0.368 e. The molecule has 0 radical (unpaired) electrons. The first-order chi connectivity index (χ1) is 8.33. The molecule has 5 nitrogen and oxygen atoms in total. The van der Waals surface area contributed by atoms with Gasteiger partial charge in [0.2, 0.25) is 11.9 Å². The summed E-state index contributed by atoms with van der Waals surface area (Å²) in [5.41, 5.74) is 8.27. The Morgan fingerprint density at radius 1 is 1.35 bits per heavy atom. The summed E-state index contributed by atoms with van der Waals surface area (Å²) in [6.45, 7) is 0. The van der Waals surface area contributed by atoms with Crippen LogP contribution in [0.25, 0.3) is 0 Å². The Kier molecular flexibility index (Phi) is 2.44. The first-order valence-corrected chi connectivity index (χ1v) is 5.85. The summed E-state index contributed by atoms with van der Waals surface area (Å²) in [6.07, 6.45) is 3.45. The standard InChI is InChI=1S/C12H15N5/c13-11-15-12(17-16-11)14-10-7-3-5-8-4-1-2-6-9(8)10/h1-2,4,6,10H,3,5,7H2,(H4,13,14,15,16,17). The summed E-state index contributed by atoms with van der Waals surface area (Å²) in [5.74, 6) is 0.917. The van der Waals surface area contributed by atoms with E-state index in [9.17, 15) is 0 Å². The Balaban J connectivity index is 1.85. The van der Waals surface area contributed by atoms with Gasteiger partial charge in [0.05, 0.1) is 6.04 Å². The van der Waals surface area contributed by atoms with E-state index >= 15 is 0 Å². The average Bonchev–Trinajstić information content (AvgIpc) is 2.75. The predicted molar refractivity (Wildman–Crippen MR) is 66.5 cm³/mol. The Bertz CT molecular complexity index is 519. The van der Waals surface area contributed by atoms with E-state index < -0.39 is 0 Å². The quantitative estimate of drug-likeness (QED) is 0.734. The van der Waals surface area contributed by atoms with Crippen LogP contribution in [0.15, 0.2) is 24.3 Å². The smallest absolute Gasteiger partial charge is 0.244 e. The number of aryl methyl sites for hydroxylation is 1. The molecular formula is C12H15N5. The van der Waals surface area contributed by atoms with Gasteiger partial charge in [-0.1, -0.05) is 24.3 Å². The molecule has 1 aromatic carbocycles. The van der Waals surface area contributed by atoms with E-state index in [4.69, 9.17) is 5.73 Å². The third kappa shape index (κ3) is 1.95. The van der Waals surface area contributed by atoms with Crippen LogP contribution in [0.4, 0.5) is 11.9 Å². The average molecular weight is 229 g/mol. The normalized spacial score (nSPS) is 18.7. The molecule has 0 spiro atoms. The Morgan fingerprint density at radius 3 is 3.06 bits per heavy atom. The van der Waals surface area contributed by atoms with E-state index in [2.05, 4.69) is 44.8 Å². The van der Waals surface area contributed by atoms with Crippen LogP contribution >= 0.6 is 0 Å². The summed E-state index contributed by atoms with van der Waals surface area (Å²) in [6, 6.07) is 8.81. The predicted octanol–water partition coefficient (Wildman–Crippen LogP) is 1.88. The lowest BCUT2D eigenvalue weighted by molar-refractivity contribution is 0.597. The van der Waals surface area contributed by atoms with Crippen molar-refractivity contribution in [3.63, 3.8) is 0 Å². The topological polar surface area (TPSA) is 79.6 Å². The molecule has 4 N–H and O–H groups in total. The second kappa shape index (κ2) is 4.08. The number of nitrogens with zero attached hydrogens (tertiary/aromatic N) is 2. The van der Waals surface area contributed by atoms with Crippen molar-refractivity contribution >= 4 is 11.9 Å². The minimum Gasteiger partial charge on any atom is -0.368 e. The molecule has 1 atom stereocenters. The van der Waals surface area contributed by atoms with Crippen LogP contribution in [0.2, 0.25) is 0 Å². The number of rotatable bonds is 2. The molecule has 0 aliphatic heterocycles. The molecule has 2 aromatic rings. The van der Waals surface area contributed by atoms with E-state index in [0.29, 0.717) is 11.9 Å². The van der Waals surface area contributed by atoms with Crippen molar-refractivity contribution in [1.82, 2.24) is 15.2 Å². The highest BCUT2D eigenvalue weighted by molar-refractivity contribution is 5.39. The lowest BCUT2D eigenvalue weighted by Gasteiger charge is -2.25. The summed E-state index contributed by atoms with van der Waals surface area (Å²) < 4.78 is 0. The van der Waals surface area contributed by atoms with Crippen LogP contribution in [-0.2, 0) is 6.42 Å². The summed E-state index contributed by atoms with van der Waals surface area (Å²) in [4.78, 5) is 4.08. The van der Waals surface area contributed by atoms with Crippen molar-refractivity contribution in [1.29, 1.82) is 0 Å². The fourth-order valence-corrected chi connectivity index (χ4v) is 2.40. The van der Waals surface area contributed by atoms with E-state index in [1.165, 1.54) is 17.5 Å². The molecule has 88 valence electrons. The lowest BCUT2D eigenvalue weighted by Crippen LogP contribution is -2.17. The van der Waals surface area contributed by atoms with Crippen molar-refractivity contribution in [2.75, 3.05) is 11.1 Å². The van der Waals surface area contributed by atoms with E-state index in [1.54, 1.807) is 0 Å². The van der Waals surface area contributed by atoms with E-state index in [-0.39, 0.29) is 6.04 Å². The van der Waals surface area contributed by atoms with Gasteiger partial charge in [-0.15, -0.1) is 5.10 Å². The minimum atomic E-state index is 0.287. The minimum absolute atomic E-state index is 0.287. The summed E-state index contributed by atoms with van der Waals surface area (Å²) >= 11 is 0. The Labute approximate surface area is 99.4 Å². The molecule has 3 rings (SSSR count). The summed E-state index contributed by atoms with van der Waals surface area (Å²) in [7, 11) is 0. The van der Waals surface area contributed by atoms with Crippen molar-refractivity contribution in [3.8, 4) is 0 Å². The molecule has 1 aliphatic rings. The zero-order valence-electron chi connectivity index (χ0n) is 9.48. The number of benzene rings is 1. The summed E-state index contributed by atoms with van der Waals surface area (Å²) in [5, 5.41) is 9.97. The van der Waals surface area contributed by atoms with E-state index in [0.717, 1.165) is 12.8 Å². The SMILES string of the molecule is Nc1nc(NC2CCCc3ccccc32)n[nH]1. The van der Waals surface area contributed by atoms with Gasteiger partial charge in [-0.3, -0.25) is 0 Å². The van der Waals surface area contributed by atoms with Crippen molar-refractivity contribution in [3.05, 3.63) is 35.4 Å². The Hall–Kier alpha value is -2.04. The first-order valence-electron chi connectivity index (χ1n) is 5.85. The highest BCUT2D eigenvalue weighted by atomic mass is 15.3. The molecule has 0 fully saturated rings. The first kappa shape index (κ1) is 10.1. The molecular weight excluding hydrogens is 214 g/mol. The van der Waals surface area contributed by atoms with Gasteiger partial charge in [-0.2, -0.15) is 4.98 Å². The number of fused-ring (bicyclic) bond motifs is 1. The second-order valence-corrected chi connectivity index (χ2v) is 4.33. The van der Waals surface area contributed by atoms with Crippen LogP contribution in [-0.4, -0.2) is 15.2 Å². The molecule has 0 amide bonds. The van der Waals surface area contributed by atoms with Gasteiger partial charge in [0.15, 0.2) is 0 Å². The zero-order valence-corrected chi connectivity index (χ0v) is 9.48. The van der Waals surface area contributed by atoms with Gasteiger partial charge in [-0.25, -0.2) is 5.10 Å². The van der Waals surface area contributed by atoms with Crippen molar-refractivity contribution in [2.24, 2.45) is 0 Å². The Morgan fingerprint density at radius 2 is 2.24 bits per heavy atom. The molecule has 1 unspecified atom stereocenters. The fourth-order valence-electron chi connectivity index (χ4n) is 2.40. The van der Waals surface area contributed by atoms with Gasteiger partial charge in [0, 0.05) is 0 Å². The van der Waals surface area contributed by atoms with Crippen LogP contribution in [0.1, 0.15) is 30.0 Å². The number of nitrogens with one attached hydrogen (secondary N) is 2. The highest BCUT2D eigenvalue weighted by Crippen LogP contribution is 2.31. The zero-order chi connectivity index (χ0) is 11.7. The maximum absolute atomic E-state index is 5.51. The number of aromatic nitrogens is 3. The van der Waals surface area contributed by atoms with Gasteiger partial charge in [-0.05, 0) is 30.4 Å². The highest BCUT2D eigenvalue weighted by Gasteiger charge is 2.20. The maximum atomic E-state index is 5.51. The van der Waals surface area contributed by atoms with Crippen molar-refractivity contribution in [2.45, 2.75) is 25.3 Å². The number of aromatic amines is 1. The van der Waals surface area contributed by atoms with Crippen LogP contribution in [0.3, 0.4) is 0 Å². The van der Waals surface area contributed by atoms with Crippen molar-refractivity contribution < 1.29 is 0 Å². The number of H-pyrrole nitrogens is 1. The van der Waals surface area contributed by atoms with Crippen LogP contribution in [0, 0.1) is 0 Å². The molecule has 0 bridgehead atoms. The van der Waals surface area contributed by atoms with Gasteiger partial charge < -0.3 is 11.1 Å². The number of nitrogens with two attached hydrogens (primary N) is 1. The monoisotopic (exact) mass is 229 g/mol. The molecule has 1 heterocycles.